The van der Waals surface area contributed by atoms with Crippen LogP contribution in [0.4, 0.5) is 5.69 Å². The van der Waals surface area contributed by atoms with Crippen LogP contribution >= 0.6 is 0 Å². The van der Waals surface area contributed by atoms with Gasteiger partial charge in [0, 0.05) is 24.1 Å². The molecule has 4 N–H and O–H groups in total. The highest BCUT2D eigenvalue weighted by Gasteiger charge is 1.99. The summed E-state index contributed by atoms with van der Waals surface area (Å²) in [5, 5.41) is 0. The highest BCUT2D eigenvalue weighted by Crippen LogP contribution is 2.12. The summed E-state index contributed by atoms with van der Waals surface area (Å²) >= 11 is 0. The Balaban J connectivity index is 2.41. The maximum atomic E-state index is 5.77. The molecule has 13 heavy (non-hydrogen) atoms. The van der Waals surface area contributed by atoms with Gasteiger partial charge in [-0.25, -0.2) is 0 Å². The molecule has 0 fully saturated rings. The zero-order valence-corrected chi connectivity index (χ0v) is 8.03. The lowest BCUT2D eigenvalue weighted by Gasteiger charge is -2.06. The van der Waals surface area contributed by atoms with Crippen molar-refractivity contribution in [2.75, 3.05) is 5.73 Å². The highest BCUT2D eigenvalue weighted by atomic mass is 14.7. The first kappa shape index (κ1) is 9.99. The van der Waals surface area contributed by atoms with E-state index in [2.05, 4.69) is 4.98 Å². The van der Waals surface area contributed by atoms with Crippen molar-refractivity contribution in [3.05, 3.63) is 24.0 Å². The van der Waals surface area contributed by atoms with Gasteiger partial charge in [0.1, 0.15) is 0 Å². The zero-order valence-electron chi connectivity index (χ0n) is 8.03. The van der Waals surface area contributed by atoms with Crippen LogP contribution in [-0.2, 0) is 6.42 Å². The zero-order chi connectivity index (χ0) is 9.68. The second-order valence-corrected chi connectivity index (χ2v) is 3.44. The standard InChI is InChI=1S/C10H17N3/c1-8(11)3-2-4-9-7-13-6-5-10(9)12/h5-8H,2-4,11H2,1H3,(H2,12,13). The maximum absolute atomic E-state index is 5.77. The van der Waals surface area contributed by atoms with Crippen LogP contribution in [0.1, 0.15) is 25.3 Å². The third-order valence-electron chi connectivity index (χ3n) is 2.05. The summed E-state index contributed by atoms with van der Waals surface area (Å²) in [5.41, 5.74) is 13.4. The molecule has 0 aromatic carbocycles. The fourth-order valence-electron chi connectivity index (χ4n) is 1.26. The summed E-state index contributed by atoms with van der Waals surface area (Å²) in [4.78, 5) is 4.03. The van der Waals surface area contributed by atoms with E-state index in [0.29, 0.717) is 0 Å². The summed E-state index contributed by atoms with van der Waals surface area (Å²) in [6.07, 6.45) is 6.63. The van der Waals surface area contributed by atoms with Crippen LogP contribution in [0.2, 0.25) is 0 Å². The molecule has 1 atom stereocenters. The van der Waals surface area contributed by atoms with Gasteiger partial charge in [-0.15, -0.1) is 0 Å². The monoisotopic (exact) mass is 179 g/mol. The molecule has 0 bridgehead atoms. The smallest absolute Gasteiger partial charge is 0.0377 e. The summed E-state index contributed by atoms with van der Waals surface area (Å²) in [7, 11) is 0. The maximum Gasteiger partial charge on any atom is 0.0377 e. The van der Waals surface area contributed by atoms with Gasteiger partial charge in [-0.1, -0.05) is 0 Å². The van der Waals surface area contributed by atoms with Crippen molar-refractivity contribution in [3.63, 3.8) is 0 Å². The third kappa shape index (κ3) is 3.42. The highest BCUT2D eigenvalue weighted by molar-refractivity contribution is 5.44. The summed E-state index contributed by atoms with van der Waals surface area (Å²) in [6, 6.07) is 2.11. The number of hydrogen-bond donors (Lipinski definition) is 2. The molecule has 0 saturated heterocycles. The van der Waals surface area contributed by atoms with Crippen LogP contribution in [0, 0.1) is 0 Å². The molecule has 3 nitrogen and oxygen atoms in total. The lowest BCUT2D eigenvalue weighted by molar-refractivity contribution is 0.624. The normalized spacial score (nSPS) is 12.8. The van der Waals surface area contributed by atoms with Crippen LogP contribution < -0.4 is 11.5 Å². The van der Waals surface area contributed by atoms with Gasteiger partial charge in [-0.05, 0) is 37.8 Å². The molecule has 1 rings (SSSR count). The number of nitrogen functional groups attached to an aromatic ring is 1. The first-order valence-electron chi connectivity index (χ1n) is 4.64. The topological polar surface area (TPSA) is 64.9 Å². The molecule has 1 aromatic heterocycles. The Morgan fingerprint density at radius 2 is 2.31 bits per heavy atom. The molecule has 72 valence electrons. The van der Waals surface area contributed by atoms with Crippen molar-refractivity contribution in [1.29, 1.82) is 0 Å². The fraction of sp³-hybridized carbons (Fsp3) is 0.500. The molecule has 0 spiro atoms. The molecule has 0 amide bonds. The van der Waals surface area contributed by atoms with E-state index in [9.17, 15) is 0 Å². The molecule has 1 heterocycles. The average molecular weight is 179 g/mol. The van der Waals surface area contributed by atoms with Crippen LogP contribution in [0.15, 0.2) is 18.5 Å². The van der Waals surface area contributed by atoms with Gasteiger partial charge in [0.15, 0.2) is 0 Å². The second kappa shape index (κ2) is 4.82. The summed E-state index contributed by atoms with van der Waals surface area (Å²) < 4.78 is 0. The summed E-state index contributed by atoms with van der Waals surface area (Å²) in [5.74, 6) is 0. The Labute approximate surface area is 79.2 Å². The van der Waals surface area contributed by atoms with Crippen molar-refractivity contribution in [1.82, 2.24) is 4.98 Å². The number of pyridine rings is 1. The van der Waals surface area contributed by atoms with Crippen LogP contribution in [0.25, 0.3) is 0 Å². The summed E-state index contributed by atoms with van der Waals surface area (Å²) in [6.45, 7) is 2.02. The molecule has 3 heteroatoms. The number of hydrogen-bond acceptors (Lipinski definition) is 3. The quantitative estimate of drug-likeness (QED) is 0.733. The number of aryl methyl sites for hydroxylation is 1. The van der Waals surface area contributed by atoms with E-state index in [0.717, 1.165) is 30.5 Å². The molecular formula is C10H17N3. The van der Waals surface area contributed by atoms with E-state index >= 15 is 0 Å². The first-order chi connectivity index (χ1) is 6.20. The van der Waals surface area contributed by atoms with E-state index in [4.69, 9.17) is 11.5 Å². The number of nitrogens with two attached hydrogens (primary N) is 2. The number of nitrogens with zero attached hydrogens (tertiary/aromatic N) is 1. The Morgan fingerprint density at radius 1 is 1.54 bits per heavy atom. The minimum atomic E-state index is 0.276. The van der Waals surface area contributed by atoms with E-state index in [1.54, 1.807) is 6.20 Å². The van der Waals surface area contributed by atoms with E-state index in [1.807, 2.05) is 19.2 Å². The van der Waals surface area contributed by atoms with Crippen molar-refractivity contribution in [2.24, 2.45) is 5.73 Å². The minimum absolute atomic E-state index is 0.276. The van der Waals surface area contributed by atoms with Crippen molar-refractivity contribution < 1.29 is 0 Å². The van der Waals surface area contributed by atoms with Gasteiger partial charge in [0.25, 0.3) is 0 Å². The van der Waals surface area contributed by atoms with Crippen LogP contribution in [0.5, 0.6) is 0 Å². The Morgan fingerprint density at radius 3 is 2.92 bits per heavy atom. The fourth-order valence-corrected chi connectivity index (χ4v) is 1.26. The lowest BCUT2D eigenvalue weighted by atomic mass is 10.1. The Hall–Kier alpha value is -1.09. The van der Waals surface area contributed by atoms with Crippen molar-refractivity contribution in [2.45, 2.75) is 32.2 Å². The lowest BCUT2D eigenvalue weighted by Crippen LogP contribution is -2.14. The Bertz CT molecular complexity index is 258. The Kier molecular flexibility index (Phi) is 3.71. The first-order valence-corrected chi connectivity index (χ1v) is 4.64. The van der Waals surface area contributed by atoms with E-state index < -0.39 is 0 Å². The molecule has 1 unspecified atom stereocenters. The second-order valence-electron chi connectivity index (χ2n) is 3.44. The number of aromatic nitrogens is 1. The molecular weight excluding hydrogens is 162 g/mol. The van der Waals surface area contributed by atoms with Gasteiger partial charge in [-0.3, -0.25) is 4.98 Å². The molecule has 0 aliphatic rings. The van der Waals surface area contributed by atoms with E-state index in [1.165, 1.54) is 0 Å². The average Bonchev–Trinajstić information content (AvgIpc) is 2.08. The van der Waals surface area contributed by atoms with Crippen LogP contribution in [-0.4, -0.2) is 11.0 Å². The predicted octanol–water partition coefficient (Wildman–Crippen LogP) is 1.33. The molecule has 0 aliphatic heterocycles. The minimum Gasteiger partial charge on any atom is -0.398 e. The van der Waals surface area contributed by atoms with Crippen LogP contribution in [0.3, 0.4) is 0 Å². The molecule has 0 radical (unpaired) electrons. The molecule has 0 saturated carbocycles. The number of anilines is 1. The van der Waals surface area contributed by atoms with Crippen molar-refractivity contribution >= 4 is 5.69 Å². The van der Waals surface area contributed by atoms with E-state index in [-0.39, 0.29) is 6.04 Å². The largest absolute Gasteiger partial charge is 0.398 e. The third-order valence-corrected chi connectivity index (χ3v) is 2.05. The van der Waals surface area contributed by atoms with Gasteiger partial charge in [0.05, 0.1) is 0 Å². The molecule has 0 aliphatic carbocycles. The SMILES string of the molecule is CC(N)CCCc1cnccc1N. The molecule has 1 aromatic rings. The van der Waals surface area contributed by atoms with Gasteiger partial charge >= 0.3 is 0 Å². The van der Waals surface area contributed by atoms with Gasteiger partial charge in [-0.2, -0.15) is 0 Å². The van der Waals surface area contributed by atoms with Gasteiger partial charge in [0.2, 0.25) is 0 Å². The predicted molar refractivity (Wildman–Crippen MR) is 55.2 cm³/mol. The van der Waals surface area contributed by atoms with Crippen molar-refractivity contribution in [3.8, 4) is 0 Å². The van der Waals surface area contributed by atoms with Gasteiger partial charge < -0.3 is 11.5 Å². The number of rotatable bonds is 4.